The normalized spacial score (nSPS) is 13.0. The van der Waals surface area contributed by atoms with Crippen molar-refractivity contribution in [3.05, 3.63) is 122 Å². The molecule has 0 aliphatic carbocycles. The minimum atomic E-state index is -0.790. The van der Waals surface area contributed by atoms with Gasteiger partial charge in [-0.05, 0) is 116 Å². The summed E-state index contributed by atoms with van der Waals surface area (Å²) in [6.07, 6.45) is 80.9. The molecule has 402 valence electrons. The summed E-state index contributed by atoms with van der Waals surface area (Å²) in [5.74, 6) is -0.938. The molecule has 0 aromatic rings. The van der Waals surface area contributed by atoms with E-state index in [1.807, 2.05) is 0 Å². The van der Waals surface area contributed by atoms with Crippen LogP contribution in [0.25, 0.3) is 0 Å². The highest BCUT2D eigenvalue weighted by Gasteiger charge is 2.19. The molecule has 0 aliphatic heterocycles. The first kappa shape index (κ1) is 66.8. The predicted molar refractivity (Wildman–Crippen MR) is 306 cm³/mol. The van der Waals surface area contributed by atoms with Crippen molar-refractivity contribution >= 4 is 17.9 Å². The highest BCUT2D eigenvalue weighted by molar-refractivity contribution is 5.71. The molecule has 0 spiro atoms. The Morgan fingerprint density at radius 2 is 0.549 bits per heavy atom. The fourth-order valence-corrected chi connectivity index (χ4v) is 7.60. The maximum atomic E-state index is 12.8. The molecule has 0 heterocycles. The van der Waals surface area contributed by atoms with Crippen molar-refractivity contribution in [2.24, 2.45) is 0 Å². The lowest BCUT2D eigenvalue weighted by Gasteiger charge is -2.18. The van der Waals surface area contributed by atoms with Gasteiger partial charge in [0.25, 0.3) is 0 Å². The van der Waals surface area contributed by atoms with Crippen LogP contribution in [0.5, 0.6) is 0 Å². The summed E-state index contributed by atoms with van der Waals surface area (Å²) >= 11 is 0. The number of carbonyl (C=O) groups is 3. The molecular formula is C65H106O6. The highest BCUT2D eigenvalue weighted by atomic mass is 16.6. The van der Waals surface area contributed by atoms with E-state index >= 15 is 0 Å². The number of hydrogen-bond acceptors (Lipinski definition) is 6. The predicted octanol–water partition coefficient (Wildman–Crippen LogP) is 19.6. The molecule has 6 nitrogen and oxygen atoms in total. The fraction of sp³-hybridized carbons (Fsp3) is 0.646. The van der Waals surface area contributed by atoms with Gasteiger partial charge in [0.1, 0.15) is 13.2 Å². The maximum absolute atomic E-state index is 12.8. The van der Waals surface area contributed by atoms with Crippen LogP contribution in [0.1, 0.15) is 252 Å². The van der Waals surface area contributed by atoms with Crippen LogP contribution in [0.4, 0.5) is 0 Å². The molecule has 71 heavy (non-hydrogen) atoms. The quantitative estimate of drug-likeness (QED) is 0.0261. The standard InChI is InChI=1S/C65H106O6/c1-4-7-10-13-15-17-19-21-23-25-27-28-29-30-31-32-33-34-35-36-38-39-41-43-45-47-49-52-55-58-64(67)70-61-62(60-69-63(66)57-54-51-12-9-6-3)71-65(68)59-56-53-50-48-46-44-42-40-37-26-24-22-20-18-16-14-11-8-5-2/h7,10,15-18,21-24,27-28,30-31,33-34,36,38,41,43,62H,4-6,8-9,11-14,19-20,25-26,29,32,35,37,39-40,42,44-61H2,1-3H3/b10-7-,17-15-,18-16-,23-21-,24-22-,28-27-,31-30-,34-33-,38-36-,43-41-. The second-order valence-corrected chi connectivity index (χ2v) is 18.8. The number of esters is 3. The average Bonchev–Trinajstić information content (AvgIpc) is 3.37. The van der Waals surface area contributed by atoms with Gasteiger partial charge in [0.05, 0.1) is 0 Å². The monoisotopic (exact) mass is 983 g/mol. The third-order valence-corrected chi connectivity index (χ3v) is 12.0. The van der Waals surface area contributed by atoms with Crippen LogP contribution in [0.15, 0.2) is 122 Å². The Morgan fingerprint density at radius 1 is 0.296 bits per heavy atom. The van der Waals surface area contributed by atoms with E-state index < -0.39 is 6.10 Å². The Balaban J connectivity index is 4.18. The van der Waals surface area contributed by atoms with E-state index in [9.17, 15) is 14.4 Å². The van der Waals surface area contributed by atoms with Crippen molar-refractivity contribution in [1.82, 2.24) is 0 Å². The Hall–Kier alpha value is -4.19. The first-order valence-corrected chi connectivity index (χ1v) is 29.0. The number of carbonyl (C=O) groups excluding carboxylic acids is 3. The summed E-state index contributed by atoms with van der Waals surface area (Å²) in [5.41, 5.74) is 0. The number of unbranched alkanes of at least 4 members (excludes halogenated alkanes) is 20. The van der Waals surface area contributed by atoms with Crippen LogP contribution in [0.3, 0.4) is 0 Å². The molecule has 0 fully saturated rings. The van der Waals surface area contributed by atoms with Gasteiger partial charge in [-0.25, -0.2) is 0 Å². The van der Waals surface area contributed by atoms with Gasteiger partial charge in [-0.2, -0.15) is 0 Å². The molecule has 1 unspecified atom stereocenters. The van der Waals surface area contributed by atoms with E-state index in [0.29, 0.717) is 19.3 Å². The lowest BCUT2D eigenvalue weighted by molar-refractivity contribution is -0.167. The molecule has 6 heteroatoms. The van der Waals surface area contributed by atoms with Gasteiger partial charge in [-0.15, -0.1) is 0 Å². The van der Waals surface area contributed by atoms with E-state index in [1.54, 1.807) is 0 Å². The summed E-state index contributed by atoms with van der Waals surface area (Å²) < 4.78 is 16.7. The van der Waals surface area contributed by atoms with E-state index in [1.165, 1.54) is 70.6 Å². The molecule has 0 rings (SSSR count). The fourth-order valence-electron chi connectivity index (χ4n) is 7.60. The van der Waals surface area contributed by atoms with Gasteiger partial charge < -0.3 is 14.2 Å². The minimum absolute atomic E-state index is 0.0908. The molecule has 1 atom stereocenters. The van der Waals surface area contributed by atoms with Gasteiger partial charge in [-0.3, -0.25) is 14.4 Å². The summed E-state index contributed by atoms with van der Waals surface area (Å²) in [4.78, 5) is 37.8. The average molecular weight is 984 g/mol. The Bertz CT molecular complexity index is 1500. The Labute approximate surface area is 437 Å². The van der Waals surface area contributed by atoms with Gasteiger partial charge in [0, 0.05) is 19.3 Å². The van der Waals surface area contributed by atoms with Crippen LogP contribution in [0, 0.1) is 0 Å². The number of allylic oxidation sites excluding steroid dienone is 20. The van der Waals surface area contributed by atoms with Crippen LogP contribution >= 0.6 is 0 Å². The van der Waals surface area contributed by atoms with Crippen LogP contribution in [0.2, 0.25) is 0 Å². The molecule has 0 bridgehead atoms. The molecule has 0 aliphatic rings. The maximum Gasteiger partial charge on any atom is 0.306 e. The zero-order valence-corrected chi connectivity index (χ0v) is 45.9. The molecule has 0 saturated carbocycles. The van der Waals surface area contributed by atoms with Gasteiger partial charge >= 0.3 is 17.9 Å². The van der Waals surface area contributed by atoms with Crippen molar-refractivity contribution in [2.45, 2.75) is 258 Å². The van der Waals surface area contributed by atoms with Crippen molar-refractivity contribution in [3.63, 3.8) is 0 Å². The molecular weight excluding hydrogens is 877 g/mol. The second kappa shape index (κ2) is 58.4. The summed E-state index contributed by atoms with van der Waals surface area (Å²) in [5, 5.41) is 0. The van der Waals surface area contributed by atoms with E-state index in [2.05, 4.69) is 142 Å². The molecule has 0 aromatic heterocycles. The lowest BCUT2D eigenvalue weighted by atomic mass is 10.1. The smallest absolute Gasteiger partial charge is 0.306 e. The van der Waals surface area contributed by atoms with Crippen LogP contribution in [-0.4, -0.2) is 37.2 Å². The van der Waals surface area contributed by atoms with Gasteiger partial charge in [0.2, 0.25) is 0 Å². The van der Waals surface area contributed by atoms with Crippen LogP contribution in [-0.2, 0) is 28.6 Å². The SMILES string of the molecule is CC/C=C\C/C=C\C/C=C\C/C=C\C/C=C\C/C=C\C/C=C\C/C=C\CCCCCCC(=O)OCC(COC(=O)CCCCCCC)OC(=O)CCCCCCCCCCC/C=C\C/C=C\CCCCC. The first-order valence-electron chi connectivity index (χ1n) is 29.0. The van der Waals surface area contributed by atoms with Gasteiger partial charge in [0.15, 0.2) is 6.10 Å². The number of hydrogen-bond donors (Lipinski definition) is 0. The van der Waals surface area contributed by atoms with E-state index in [0.717, 1.165) is 141 Å². The summed E-state index contributed by atoms with van der Waals surface area (Å²) in [6.45, 7) is 6.39. The zero-order valence-electron chi connectivity index (χ0n) is 45.9. The lowest BCUT2D eigenvalue weighted by Crippen LogP contribution is -2.30. The van der Waals surface area contributed by atoms with E-state index in [-0.39, 0.29) is 31.1 Å². The largest absolute Gasteiger partial charge is 0.462 e. The van der Waals surface area contributed by atoms with Crippen molar-refractivity contribution in [2.75, 3.05) is 13.2 Å². The Morgan fingerprint density at radius 3 is 0.887 bits per heavy atom. The third-order valence-electron chi connectivity index (χ3n) is 12.0. The molecule has 0 aromatic carbocycles. The molecule has 0 N–H and O–H groups in total. The molecule has 0 amide bonds. The van der Waals surface area contributed by atoms with E-state index in [4.69, 9.17) is 14.2 Å². The van der Waals surface area contributed by atoms with Crippen LogP contribution < -0.4 is 0 Å². The number of ether oxygens (including phenoxy) is 3. The van der Waals surface area contributed by atoms with Crippen molar-refractivity contribution in [3.8, 4) is 0 Å². The zero-order chi connectivity index (χ0) is 51.4. The topological polar surface area (TPSA) is 78.9 Å². The van der Waals surface area contributed by atoms with Crippen molar-refractivity contribution in [1.29, 1.82) is 0 Å². The number of rotatable bonds is 51. The third kappa shape index (κ3) is 56.6. The second-order valence-electron chi connectivity index (χ2n) is 18.8. The summed E-state index contributed by atoms with van der Waals surface area (Å²) in [7, 11) is 0. The molecule has 0 saturated heterocycles. The Kier molecular flexibility index (Phi) is 54.9. The van der Waals surface area contributed by atoms with Gasteiger partial charge in [-0.1, -0.05) is 239 Å². The highest BCUT2D eigenvalue weighted by Crippen LogP contribution is 2.14. The molecule has 0 radical (unpaired) electrons. The minimum Gasteiger partial charge on any atom is -0.462 e. The summed E-state index contributed by atoms with van der Waals surface area (Å²) in [6, 6.07) is 0. The first-order chi connectivity index (χ1) is 35.0. The van der Waals surface area contributed by atoms with Crippen molar-refractivity contribution < 1.29 is 28.6 Å².